The van der Waals surface area contributed by atoms with E-state index in [2.05, 4.69) is 15.2 Å². The molecule has 1 aliphatic rings. The number of hydrogen-bond acceptors (Lipinski definition) is 12. The van der Waals surface area contributed by atoms with Gasteiger partial charge in [0, 0.05) is 12.3 Å². The van der Waals surface area contributed by atoms with Crippen LogP contribution < -0.4 is 20.6 Å². The standard InChI is InChI=1S/C27H47N4O11P/c1-9-39-23(33)18(13-16(3)4)29-43(37,30-19(14-17(5)6)24(34)40-10-2)41-15-20-22(32)27(7,36)25(42-20)31-12-11-21(38-8)28-26(31)35/h11-12,16-20,22,25,32,36H,9-10,13-15H2,1-8H3,(H2,29,30,37)/t18?,19?,20-,22?,25-,27?,43?/m1/s1. The van der Waals surface area contributed by atoms with Gasteiger partial charge in [-0.15, -0.1) is 0 Å². The van der Waals surface area contributed by atoms with E-state index in [-0.39, 0.29) is 43.8 Å². The van der Waals surface area contributed by atoms with E-state index in [1.807, 2.05) is 27.7 Å². The zero-order chi connectivity index (χ0) is 32.5. The zero-order valence-electron chi connectivity index (χ0n) is 26.1. The van der Waals surface area contributed by atoms with Gasteiger partial charge in [0.15, 0.2) is 6.23 Å². The molecule has 0 amide bonds. The molecule has 4 unspecified atom stereocenters. The molecule has 0 spiro atoms. The van der Waals surface area contributed by atoms with Crippen molar-refractivity contribution in [3.63, 3.8) is 0 Å². The molecule has 43 heavy (non-hydrogen) atoms. The van der Waals surface area contributed by atoms with Crippen LogP contribution in [0.2, 0.25) is 0 Å². The number of aromatic nitrogens is 2. The molecule has 1 aliphatic heterocycles. The number of nitrogens with zero attached hydrogens (tertiary/aromatic N) is 2. The molecule has 0 saturated carbocycles. The van der Waals surface area contributed by atoms with Gasteiger partial charge in [0.05, 0.1) is 26.9 Å². The first-order valence-electron chi connectivity index (χ1n) is 14.4. The maximum absolute atomic E-state index is 14.4. The normalized spacial score (nSPS) is 24.9. The van der Waals surface area contributed by atoms with Crippen molar-refractivity contribution in [3.05, 3.63) is 22.7 Å². The van der Waals surface area contributed by atoms with Crippen LogP contribution in [-0.2, 0) is 32.9 Å². The van der Waals surface area contributed by atoms with Gasteiger partial charge in [-0.25, -0.2) is 15.0 Å². The summed E-state index contributed by atoms with van der Waals surface area (Å²) in [5, 5.41) is 27.5. The number of nitrogens with one attached hydrogen (secondary N) is 2. The molecule has 2 rings (SSSR count). The molecular formula is C27H47N4O11P. The minimum absolute atomic E-state index is 0.0147. The Morgan fingerprint density at radius 2 is 1.60 bits per heavy atom. The molecule has 1 aromatic heterocycles. The molecule has 2 heterocycles. The molecule has 246 valence electrons. The van der Waals surface area contributed by atoms with E-state index in [1.165, 1.54) is 26.3 Å². The Morgan fingerprint density at radius 1 is 1.09 bits per heavy atom. The number of carbonyl (C=O) groups excluding carboxylic acids is 2. The zero-order valence-corrected chi connectivity index (χ0v) is 27.0. The minimum atomic E-state index is -4.30. The van der Waals surface area contributed by atoms with Gasteiger partial charge in [-0.2, -0.15) is 4.98 Å². The molecule has 0 radical (unpaired) electrons. The van der Waals surface area contributed by atoms with Crippen molar-refractivity contribution < 1.29 is 47.8 Å². The summed E-state index contributed by atoms with van der Waals surface area (Å²) in [4.78, 5) is 41.9. The highest BCUT2D eigenvalue weighted by Crippen LogP contribution is 2.44. The van der Waals surface area contributed by atoms with Crippen LogP contribution in [0, 0.1) is 11.8 Å². The summed E-state index contributed by atoms with van der Waals surface area (Å²) in [6.45, 7) is 11.6. The predicted octanol–water partition coefficient (Wildman–Crippen LogP) is 1.52. The molecule has 15 nitrogen and oxygen atoms in total. The lowest BCUT2D eigenvalue weighted by Crippen LogP contribution is -2.47. The number of hydrogen-bond donors (Lipinski definition) is 4. The van der Waals surface area contributed by atoms with Crippen LogP contribution in [0.5, 0.6) is 5.88 Å². The van der Waals surface area contributed by atoms with Gasteiger partial charge in [-0.05, 0) is 45.4 Å². The number of aliphatic hydroxyl groups excluding tert-OH is 1. The highest BCUT2D eigenvalue weighted by molar-refractivity contribution is 7.54. The second kappa shape index (κ2) is 16.1. The van der Waals surface area contributed by atoms with Gasteiger partial charge in [-0.3, -0.25) is 18.7 Å². The van der Waals surface area contributed by atoms with Crippen molar-refractivity contribution in [1.29, 1.82) is 0 Å². The number of esters is 2. The Bertz CT molecular complexity index is 1140. The van der Waals surface area contributed by atoms with E-state index in [4.69, 9.17) is 23.5 Å². The number of aliphatic hydroxyl groups is 2. The Morgan fingerprint density at radius 3 is 2.02 bits per heavy atom. The van der Waals surface area contributed by atoms with Gasteiger partial charge in [-0.1, -0.05) is 27.7 Å². The summed E-state index contributed by atoms with van der Waals surface area (Å²) < 4.78 is 42.3. The van der Waals surface area contributed by atoms with Gasteiger partial charge < -0.3 is 33.7 Å². The third kappa shape index (κ3) is 10.1. The van der Waals surface area contributed by atoms with Gasteiger partial charge in [0.25, 0.3) is 0 Å². The molecule has 0 aromatic carbocycles. The number of ether oxygens (including phenoxy) is 4. The monoisotopic (exact) mass is 634 g/mol. The molecule has 1 aromatic rings. The van der Waals surface area contributed by atoms with Gasteiger partial charge in [0.2, 0.25) is 5.88 Å². The van der Waals surface area contributed by atoms with Crippen molar-refractivity contribution in [2.45, 2.75) is 97.4 Å². The second-order valence-corrected chi connectivity index (χ2v) is 13.2. The topological polar surface area (TPSA) is 197 Å². The first-order chi connectivity index (χ1) is 20.1. The number of rotatable bonds is 17. The van der Waals surface area contributed by atoms with Crippen molar-refractivity contribution in [2.24, 2.45) is 11.8 Å². The molecular weight excluding hydrogens is 587 g/mol. The second-order valence-electron chi connectivity index (χ2n) is 11.3. The van der Waals surface area contributed by atoms with Crippen LogP contribution in [0.4, 0.5) is 0 Å². The summed E-state index contributed by atoms with van der Waals surface area (Å²) in [5.41, 5.74) is -2.79. The van der Waals surface area contributed by atoms with E-state index in [0.29, 0.717) is 0 Å². The summed E-state index contributed by atoms with van der Waals surface area (Å²) in [6.07, 6.45) is -2.52. The van der Waals surface area contributed by atoms with Crippen LogP contribution in [-0.4, -0.2) is 88.5 Å². The fraction of sp³-hybridized carbons (Fsp3) is 0.778. The lowest BCUT2D eigenvalue weighted by molar-refractivity contribution is -0.146. The first kappa shape index (κ1) is 36.8. The van der Waals surface area contributed by atoms with E-state index < -0.39 is 68.0 Å². The largest absolute Gasteiger partial charge is 0.481 e. The van der Waals surface area contributed by atoms with Crippen molar-refractivity contribution in [2.75, 3.05) is 26.9 Å². The fourth-order valence-corrected chi connectivity index (χ4v) is 6.42. The molecule has 1 saturated heterocycles. The molecule has 6 atom stereocenters. The van der Waals surface area contributed by atoms with Crippen LogP contribution in [0.1, 0.15) is 67.5 Å². The quantitative estimate of drug-likeness (QED) is 0.142. The van der Waals surface area contributed by atoms with E-state index in [0.717, 1.165) is 4.57 Å². The third-order valence-electron chi connectivity index (χ3n) is 6.65. The Hall–Kier alpha value is -2.39. The number of carbonyl (C=O) groups is 2. The van der Waals surface area contributed by atoms with Crippen LogP contribution in [0.25, 0.3) is 0 Å². The number of methoxy groups -OCH3 is 1. The lowest BCUT2D eigenvalue weighted by Gasteiger charge is -2.30. The summed E-state index contributed by atoms with van der Waals surface area (Å²) in [6, 6.07) is -0.767. The third-order valence-corrected chi connectivity index (χ3v) is 8.47. The Balaban J connectivity index is 2.40. The van der Waals surface area contributed by atoms with Gasteiger partial charge in [0.1, 0.15) is 29.9 Å². The van der Waals surface area contributed by atoms with Crippen molar-refractivity contribution in [1.82, 2.24) is 19.7 Å². The van der Waals surface area contributed by atoms with Crippen LogP contribution in [0.3, 0.4) is 0 Å². The first-order valence-corrected chi connectivity index (χ1v) is 16.0. The van der Waals surface area contributed by atoms with Crippen LogP contribution >= 0.6 is 7.67 Å². The maximum atomic E-state index is 14.4. The average Bonchev–Trinajstić information content (AvgIpc) is 3.14. The maximum Gasteiger partial charge on any atom is 0.353 e. The summed E-state index contributed by atoms with van der Waals surface area (Å²) >= 11 is 0. The Kier molecular flexibility index (Phi) is 13.8. The Labute approximate surface area is 252 Å². The fourth-order valence-electron chi connectivity index (χ4n) is 4.60. The lowest BCUT2D eigenvalue weighted by atomic mass is 9.96. The molecule has 16 heteroatoms. The van der Waals surface area contributed by atoms with Crippen molar-refractivity contribution in [3.8, 4) is 5.88 Å². The van der Waals surface area contributed by atoms with E-state index in [1.54, 1.807) is 13.8 Å². The van der Waals surface area contributed by atoms with E-state index in [9.17, 15) is 29.2 Å². The van der Waals surface area contributed by atoms with E-state index >= 15 is 0 Å². The summed E-state index contributed by atoms with van der Waals surface area (Å²) in [7, 11) is -2.96. The highest BCUT2D eigenvalue weighted by Gasteiger charge is 2.54. The highest BCUT2D eigenvalue weighted by atomic mass is 31.2. The molecule has 4 N–H and O–H groups in total. The molecule has 0 aliphatic carbocycles. The predicted molar refractivity (Wildman–Crippen MR) is 155 cm³/mol. The molecule has 1 fully saturated rings. The SMILES string of the molecule is CCOC(=O)C(CC(C)C)NP(=O)(NC(CC(C)C)C(=O)OCC)OC[C@H]1O[C@@H](n2ccc(OC)nc2=O)C(C)(O)C1O. The smallest absolute Gasteiger partial charge is 0.353 e. The van der Waals surface area contributed by atoms with Crippen molar-refractivity contribution >= 4 is 19.6 Å². The average molecular weight is 635 g/mol. The van der Waals surface area contributed by atoms with Gasteiger partial charge >= 0.3 is 25.3 Å². The molecule has 0 bridgehead atoms. The van der Waals surface area contributed by atoms with Crippen LogP contribution in [0.15, 0.2) is 17.1 Å². The minimum Gasteiger partial charge on any atom is -0.481 e. The summed E-state index contributed by atoms with van der Waals surface area (Å²) in [5.74, 6) is -1.31.